The predicted octanol–water partition coefficient (Wildman–Crippen LogP) is 1.33. The van der Waals surface area contributed by atoms with Crippen molar-refractivity contribution in [3.63, 3.8) is 0 Å². The van der Waals surface area contributed by atoms with Gasteiger partial charge in [-0.2, -0.15) is 10.4 Å². The molecule has 0 amide bonds. The summed E-state index contributed by atoms with van der Waals surface area (Å²) in [5.74, 6) is -1.39. The molecule has 0 unspecified atom stereocenters. The molecule has 0 heterocycles. The van der Waals surface area contributed by atoms with E-state index in [9.17, 15) is 9.59 Å². The monoisotopic (exact) mass is 275 g/mol. The summed E-state index contributed by atoms with van der Waals surface area (Å²) < 4.78 is 9.27. The molecule has 0 aromatic heterocycles. The lowest BCUT2D eigenvalue weighted by Crippen LogP contribution is -2.17. The normalized spacial score (nSPS) is 10.3. The zero-order valence-electron chi connectivity index (χ0n) is 11.0. The maximum atomic E-state index is 11.5. The molecule has 0 fully saturated rings. The first-order chi connectivity index (χ1) is 9.63. The van der Waals surface area contributed by atoms with E-state index in [2.05, 4.69) is 20.0 Å². The summed E-state index contributed by atoms with van der Waals surface area (Å²) in [6.07, 6.45) is 0. The first-order valence-electron chi connectivity index (χ1n) is 5.72. The first kappa shape index (κ1) is 15.2. The van der Waals surface area contributed by atoms with Crippen LogP contribution in [0.15, 0.2) is 29.4 Å². The lowest BCUT2D eigenvalue weighted by atomic mass is 10.2. The third-order valence-corrected chi connectivity index (χ3v) is 2.20. The summed E-state index contributed by atoms with van der Waals surface area (Å²) in [5.41, 5.74) is 2.60. The van der Waals surface area contributed by atoms with Crippen molar-refractivity contribution in [2.24, 2.45) is 5.10 Å². The zero-order valence-corrected chi connectivity index (χ0v) is 11.0. The molecule has 1 aromatic carbocycles. The highest BCUT2D eigenvalue weighted by molar-refractivity contribution is 6.43. The highest BCUT2D eigenvalue weighted by Crippen LogP contribution is 2.15. The second-order valence-corrected chi connectivity index (χ2v) is 3.44. The van der Waals surface area contributed by atoms with Gasteiger partial charge in [0.05, 0.1) is 25.0 Å². The molecule has 1 N–H and O–H groups in total. The molecule has 20 heavy (non-hydrogen) atoms. The maximum absolute atomic E-state index is 11.5. The van der Waals surface area contributed by atoms with Crippen molar-refractivity contribution in [2.45, 2.75) is 6.92 Å². The fourth-order valence-electron chi connectivity index (χ4n) is 1.30. The number of carbonyl (C=O) groups is 2. The Kier molecular flexibility index (Phi) is 5.72. The highest BCUT2D eigenvalue weighted by Gasteiger charge is 2.14. The molecule has 0 saturated carbocycles. The van der Waals surface area contributed by atoms with E-state index in [1.807, 2.05) is 0 Å². The molecule has 0 aliphatic heterocycles. The van der Waals surface area contributed by atoms with Gasteiger partial charge < -0.3 is 9.47 Å². The fourth-order valence-corrected chi connectivity index (χ4v) is 1.30. The van der Waals surface area contributed by atoms with E-state index in [0.717, 1.165) is 0 Å². The SMILES string of the molecule is CCOC(=O)C(C#N)=NNc1ccccc1C(=O)OC. The van der Waals surface area contributed by atoms with Gasteiger partial charge in [-0.25, -0.2) is 9.59 Å². The van der Waals surface area contributed by atoms with E-state index in [1.165, 1.54) is 13.2 Å². The van der Waals surface area contributed by atoms with Crippen LogP contribution in [0.1, 0.15) is 17.3 Å². The van der Waals surface area contributed by atoms with Crippen LogP contribution in [-0.2, 0) is 14.3 Å². The molecule has 0 saturated heterocycles. The molecule has 0 bridgehead atoms. The van der Waals surface area contributed by atoms with E-state index in [4.69, 9.17) is 5.26 Å². The summed E-state index contributed by atoms with van der Waals surface area (Å²) in [6, 6.07) is 8.03. The van der Waals surface area contributed by atoms with Crippen LogP contribution in [0.5, 0.6) is 0 Å². The topological polar surface area (TPSA) is 101 Å². The number of ether oxygens (including phenoxy) is 2. The van der Waals surface area contributed by atoms with Crippen LogP contribution in [0.25, 0.3) is 0 Å². The van der Waals surface area contributed by atoms with Gasteiger partial charge in [-0.3, -0.25) is 5.43 Å². The first-order valence-corrected chi connectivity index (χ1v) is 5.72. The third-order valence-electron chi connectivity index (χ3n) is 2.20. The van der Waals surface area contributed by atoms with Gasteiger partial charge in [0.15, 0.2) is 0 Å². The average Bonchev–Trinajstić information content (AvgIpc) is 2.47. The molecule has 0 radical (unpaired) electrons. The van der Waals surface area contributed by atoms with E-state index >= 15 is 0 Å². The van der Waals surface area contributed by atoms with Crippen molar-refractivity contribution >= 4 is 23.3 Å². The molecular weight excluding hydrogens is 262 g/mol. The largest absolute Gasteiger partial charge is 0.465 e. The lowest BCUT2D eigenvalue weighted by Gasteiger charge is -2.06. The second kappa shape index (κ2) is 7.53. The second-order valence-electron chi connectivity index (χ2n) is 3.44. The van der Waals surface area contributed by atoms with Gasteiger partial charge in [-0.15, -0.1) is 0 Å². The van der Waals surface area contributed by atoms with Gasteiger partial charge in [-0.05, 0) is 19.1 Å². The van der Waals surface area contributed by atoms with Gasteiger partial charge in [0.2, 0.25) is 5.71 Å². The van der Waals surface area contributed by atoms with Gasteiger partial charge in [0.1, 0.15) is 6.07 Å². The molecule has 7 nitrogen and oxygen atoms in total. The summed E-state index contributed by atoms with van der Waals surface area (Å²) in [7, 11) is 1.25. The third kappa shape index (κ3) is 3.81. The molecule has 0 atom stereocenters. The Balaban J connectivity index is 2.96. The van der Waals surface area contributed by atoms with Crippen molar-refractivity contribution in [2.75, 3.05) is 19.1 Å². The lowest BCUT2D eigenvalue weighted by molar-refractivity contribution is -0.134. The van der Waals surface area contributed by atoms with Crippen LogP contribution in [0, 0.1) is 11.3 Å². The number of nitrogens with zero attached hydrogens (tertiary/aromatic N) is 2. The summed E-state index contributed by atoms with van der Waals surface area (Å²) in [6.45, 7) is 1.76. The van der Waals surface area contributed by atoms with Gasteiger partial charge in [-0.1, -0.05) is 12.1 Å². The highest BCUT2D eigenvalue weighted by atomic mass is 16.5. The van der Waals surface area contributed by atoms with Crippen molar-refractivity contribution in [3.05, 3.63) is 29.8 Å². The van der Waals surface area contributed by atoms with Crippen LogP contribution in [0.3, 0.4) is 0 Å². The van der Waals surface area contributed by atoms with Crippen molar-refractivity contribution < 1.29 is 19.1 Å². The number of carbonyl (C=O) groups excluding carboxylic acids is 2. The minimum atomic E-state index is -0.835. The number of anilines is 1. The van der Waals surface area contributed by atoms with E-state index < -0.39 is 17.7 Å². The van der Waals surface area contributed by atoms with E-state index in [0.29, 0.717) is 5.69 Å². The predicted molar refractivity (Wildman–Crippen MR) is 71.1 cm³/mol. The number of nitriles is 1. The number of rotatable bonds is 5. The molecule has 104 valence electrons. The number of nitrogens with one attached hydrogen (secondary N) is 1. The average molecular weight is 275 g/mol. The Morgan fingerprint density at radius 1 is 1.40 bits per heavy atom. The van der Waals surface area contributed by atoms with Crippen LogP contribution in [-0.4, -0.2) is 31.4 Å². The quantitative estimate of drug-likeness (QED) is 0.494. The van der Waals surface area contributed by atoms with Gasteiger partial charge in [0, 0.05) is 0 Å². The molecule has 7 heteroatoms. The molecule has 0 aliphatic carbocycles. The smallest absolute Gasteiger partial charge is 0.369 e. The number of hydrogen-bond donors (Lipinski definition) is 1. The minimum absolute atomic E-state index is 0.137. The Hall–Kier alpha value is -2.88. The summed E-state index contributed by atoms with van der Waals surface area (Å²) in [5, 5.41) is 12.4. The maximum Gasteiger partial charge on any atom is 0.369 e. The number of hydrazone groups is 1. The van der Waals surface area contributed by atoms with Crippen LogP contribution < -0.4 is 5.43 Å². The summed E-state index contributed by atoms with van der Waals surface area (Å²) in [4.78, 5) is 22.9. The Bertz CT molecular complexity index is 575. The molecule has 0 spiro atoms. The molecule has 0 aliphatic rings. The number of methoxy groups -OCH3 is 1. The van der Waals surface area contributed by atoms with Gasteiger partial charge in [0.25, 0.3) is 0 Å². The molecule has 1 rings (SSSR count). The van der Waals surface area contributed by atoms with Crippen LogP contribution >= 0.6 is 0 Å². The van der Waals surface area contributed by atoms with E-state index in [-0.39, 0.29) is 12.2 Å². The minimum Gasteiger partial charge on any atom is -0.465 e. The fraction of sp³-hybridized carbons (Fsp3) is 0.231. The zero-order chi connectivity index (χ0) is 15.0. The Morgan fingerprint density at radius 3 is 2.70 bits per heavy atom. The van der Waals surface area contributed by atoms with Gasteiger partial charge >= 0.3 is 11.9 Å². The number of hydrogen-bond acceptors (Lipinski definition) is 7. The van der Waals surface area contributed by atoms with Crippen LogP contribution in [0.4, 0.5) is 5.69 Å². The van der Waals surface area contributed by atoms with Crippen molar-refractivity contribution in [3.8, 4) is 6.07 Å². The molecular formula is C13H13N3O4. The number of esters is 2. The Morgan fingerprint density at radius 2 is 2.10 bits per heavy atom. The number of benzene rings is 1. The number of para-hydroxylation sites is 1. The summed E-state index contributed by atoms with van der Waals surface area (Å²) >= 11 is 0. The van der Waals surface area contributed by atoms with Crippen molar-refractivity contribution in [1.82, 2.24) is 0 Å². The van der Waals surface area contributed by atoms with E-state index in [1.54, 1.807) is 31.2 Å². The molecule has 1 aromatic rings. The Labute approximate surface area is 115 Å². The standard InChI is InChI=1S/C13H13N3O4/c1-3-20-13(18)11(8-14)16-15-10-7-5-4-6-9(10)12(17)19-2/h4-7,15H,3H2,1-2H3. The van der Waals surface area contributed by atoms with Crippen molar-refractivity contribution in [1.29, 1.82) is 5.26 Å². The van der Waals surface area contributed by atoms with Crippen LogP contribution in [0.2, 0.25) is 0 Å².